The summed E-state index contributed by atoms with van der Waals surface area (Å²) in [7, 11) is 5.29. The average Bonchev–Trinajstić information content (AvgIpc) is 3.97. The molecule has 10 heteroatoms. The Morgan fingerprint density at radius 2 is 1.78 bits per heavy atom. The first-order chi connectivity index (χ1) is 26.6. The van der Waals surface area contributed by atoms with Gasteiger partial charge >= 0.3 is 0 Å². The molecule has 1 N–H and O–H groups in total. The Hall–Kier alpha value is -3.98. The first-order valence-electron chi connectivity index (χ1n) is 19.9. The summed E-state index contributed by atoms with van der Waals surface area (Å²) in [6, 6.07) is 13.6. The van der Waals surface area contributed by atoms with E-state index >= 15 is 0 Å². The zero-order valence-electron chi connectivity index (χ0n) is 34.1. The van der Waals surface area contributed by atoms with Crippen molar-refractivity contribution in [1.82, 2.24) is 20.0 Å². The SMILES string of the molecule is CNC=C(/C(C)=C(/C)C=O)c1cc(OC)c(CN2CCN(Cc3cccc4c3CCN(COC/C(C#N)=C/C3(C)CCOCC3)[C@H]4C)C3(CC3)C2)c(OC)c1. The molecule has 10 nitrogen and oxygen atoms in total. The molecule has 1 aliphatic carbocycles. The fraction of sp³-hybridized carbons (Fsp3) is 0.556. The van der Waals surface area contributed by atoms with Crippen LogP contribution >= 0.6 is 0 Å². The van der Waals surface area contributed by atoms with E-state index in [4.69, 9.17) is 18.9 Å². The number of allylic oxidation sites excluding steroid dienone is 4. The predicted molar refractivity (Wildman–Crippen MR) is 217 cm³/mol. The number of piperazine rings is 1. The van der Waals surface area contributed by atoms with Gasteiger partial charge in [0, 0.05) is 82.9 Å². The number of ether oxygens (including phenoxy) is 4. The Bertz CT molecular complexity index is 1810. The minimum absolute atomic E-state index is 0.00431. The fourth-order valence-electron chi connectivity index (χ4n) is 8.78. The van der Waals surface area contributed by atoms with E-state index in [9.17, 15) is 10.1 Å². The lowest BCUT2D eigenvalue weighted by Gasteiger charge is -2.43. The third-order valence-corrected chi connectivity index (χ3v) is 12.6. The van der Waals surface area contributed by atoms with Crippen LogP contribution in [0.25, 0.3) is 5.57 Å². The van der Waals surface area contributed by atoms with Crippen LogP contribution in [-0.4, -0.2) is 101 Å². The first kappa shape index (κ1) is 40.7. The Kier molecular flexibility index (Phi) is 13.2. The molecular weight excluding hydrogens is 691 g/mol. The van der Waals surface area contributed by atoms with Gasteiger partial charge in [-0.1, -0.05) is 31.2 Å². The maximum Gasteiger partial charge on any atom is 0.146 e. The quantitative estimate of drug-likeness (QED) is 0.0905. The second-order valence-electron chi connectivity index (χ2n) is 16.2. The molecule has 0 unspecified atom stereocenters. The van der Waals surface area contributed by atoms with Crippen molar-refractivity contribution in [1.29, 1.82) is 5.26 Å². The summed E-state index contributed by atoms with van der Waals surface area (Å²) in [5.41, 5.74) is 9.73. The molecule has 3 aliphatic heterocycles. The fourth-order valence-corrected chi connectivity index (χ4v) is 8.78. The number of carbonyl (C=O) groups excluding carboxylic acids is 1. The van der Waals surface area contributed by atoms with Crippen molar-refractivity contribution in [3.8, 4) is 17.6 Å². The molecule has 1 saturated carbocycles. The van der Waals surface area contributed by atoms with Crippen molar-refractivity contribution in [3.05, 3.63) is 87.1 Å². The number of rotatable bonds is 15. The molecule has 1 spiro atoms. The van der Waals surface area contributed by atoms with Gasteiger partial charge in [0.2, 0.25) is 0 Å². The van der Waals surface area contributed by atoms with E-state index in [2.05, 4.69) is 76.3 Å². The molecule has 296 valence electrons. The number of nitrogens with one attached hydrogen (secondary N) is 1. The monoisotopic (exact) mass is 751 g/mol. The number of methoxy groups -OCH3 is 2. The highest BCUT2D eigenvalue weighted by atomic mass is 16.5. The van der Waals surface area contributed by atoms with E-state index in [1.165, 1.54) is 29.5 Å². The zero-order chi connectivity index (χ0) is 39.2. The zero-order valence-corrected chi connectivity index (χ0v) is 34.1. The van der Waals surface area contributed by atoms with Crippen molar-refractivity contribution in [2.24, 2.45) is 5.41 Å². The van der Waals surface area contributed by atoms with Crippen LogP contribution in [0.4, 0.5) is 0 Å². The topological polar surface area (TPSA) is 99.5 Å². The molecule has 2 aromatic carbocycles. The van der Waals surface area contributed by atoms with Crippen molar-refractivity contribution in [2.75, 3.05) is 74.0 Å². The maximum absolute atomic E-state index is 11.6. The molecule has 2 aromatic rings. The van der Waals surface area contributed by atoms with E-state index in [1.807, 2.05) is 27.1 Å². The molecule has 55 heavy (non-hydrogen) atoms. The summed E-state index contributed by atoms with van der Waals surface area (Å²) >= 11 is 0. The highest BCUT2D eigenvalue weighted by Crippen LogP contribution is 2.47. The lowest BCUT2D eigenvalue weighted by molar-refractivity contribution is -0.104. The van der Waals surface area contributed by atoms with Gasteiger partial charge in [0.1, 0.15) is 17.8 Å². The van der Waals surface area contributed by atoms with Crippen molar-refractivity contribution in [3.63, 3.8) is 0 Å². The summed E-state index contributed by atoms with van der Waals surface area (Å²) in [5.74, 6) is 1.58. The van der Waals surface area contributed by atoms with Crippen LogP contribution in [0.2, 0.25) is 0 Å². The number of hydrogen-bond acceptors (Lipinski definition) is 10. The van der Waals surface area contributed by atoms with Gasteiger partial charge in [-0.2, -0.15) is 5.26 Å². The lowest BCUT2D eigenvalue weighted by atomic mass is 9.81. The molecule has 4 aliphatic rings. The number of carbonyl (C=O) groups is 1. The summed E-state index contributed by atoms with van der Waals surface area (Å²) in [4.78, 5) is 19.3. The Morgan fingerprint density at radius 1 is 1.05 bits per heavy atom. The normalized spacial score (nSPS) is 22.0. The van der Waals surface area contributed by atoms with E-state index in [0.717, 1.165) is 112 Å². The van der Waals surface area contributed by atoms with Crippen molar-refractivity contribution >= 4 is 11.9 Å². The average molecular weight is 752 g/mol. The highest BCUT2D eigenvalue weighted by molar-refractivity contribution is 5.87. The Morgan fingerprint density at radius 3 is 2.42 bits per heavy atom. The van der Waals surface area contributed by atoms with Crippen LogP contribution in [0, 0.1) is 16.7 Å². The Balaban J connectivity index is 1.10. The van der Waals surface area contributed by atoms with Crippen molar-refractivity contribution in [2.45, 2.75) is 84.5 Å². The molecule has 3 heterocycles. The van der Waals surface area contributed by atoms with E-state index in [1.54, 1.807) is 14.2 Å². The molecule has 1 atom stereocenters. The summed E-state index contributed by atoms with van der Waals surface area (Å²) < 4.78 is 23.7. The summed E-state index contributed by atoms with van der Waals surface area (Å²) in [6.07, 6.45) is 10.2. The second-order valence-corrected chi connectivity index (χ2v) is 16.2. The second kappa shape index (κ2) is 17.9. The van der Waals surface area contributed by atoms with Crippen LogP contribution in [0.15, 0.2) is 59.3 Å². The number of fused-ring (bicyclic) bond motifs is 1. The number of benzene rings is 2. The van der Waals surface area contributed by atoms with E-state index < -0.39 is 0 Å². The van der Waals surface area contributed by atoms with Gasteiger partial charge in [0.25, 0.3) is 0 Å². The van der Waals surface area contributed by atoms with Gasteiger partial charge in [0.05, 0.1) is 44.8 Å². The van der Waals surface area contributed by atoms with Gasteiger partial charge in [-0.25, -0.2) is 0 Å². The first-order valence-corrected chi connectivity index (χ1v) is 19.9. The van der Waals surface area contributed by atoms with E-state index in [-0.39, 0.29) is 17.0 Å². The molecule has 2 saturated heterocycles. The van der Waals surface area contributed by atoms with Gasteiger partial charge in [0.15, 0.2) is 0 Å². The third kappa shape index (κ3) is 9.19. The lowest BCUT2D eigenvalue weighted by Crippen LogP contribution is -2.54. The number of hydrogen-bond donors (Lipinski definition) is 1. The molecule has 3 fully saturated rings. The largest absolute Gasteiger partial charge is 0.496 e. The van der Waals surface area contributed by atoms with Crippen LogP contribution in [0.1, 0.15) is 87.2 Å². The van der Waals surface area contributed by atoms with E-state index in [0.29, 0.717) is 24.5 Å². The molecule has 0 amide bonds. The smallest absolute Gasteiger partial charge is 0.146 e. The van der Waals surface area contributed by atoms with Gasteiger partial charge in [-0.15, -0.1) is 0 Å². The molecular formula is C45H61N5O5. The Labute approximate surface area is 328 Å². The number of aldehydes is 1. The van der Waals surface area contributed by atoms with Gasteiger partial charge in [-0.05, 0) is 104 Å². The minimum Gasteiger partial charge on any atom is -0.496 e. The van der Waals surface area contributed by atoms with Gasteiger partial charge in [-0.3, -0.25) is 19.5 Å². The number of nitrogens with zero attached hydrogens (tertiary/aromatic N) is 4. The third-order valence-electron chi connectivity index (χ3n) is 12.6. The number of nitriles is 1. The van der Waals surface area contributed by atoms with Crippen LogP contribution in [-0.2, 0) is 33.8 Å². The molecule has 0 radical (unpaired) electrons. The standard InChI is InChI=1S/C45H61N5O5/c1-32(28-51)33(2)40(25-47-5)37-21-42(52-6)41(43(22-37)53-7)27-48-17-18-50(45(30-48)12-13-45)26-36-9-8-10-38-34(3)49(16-11-39(36)38)31-55-29-35(24-46)23-44(4)14-19-54-20-15-44/h8-10,21-23,25,28,34,47H,11-20,26-27,29-31H2,1-7H3/b33-32-,35-23+,40-25?/t34-/m0/s1. The van der Waals surface area contributed by atoms with Crippen LogP contribution in [0.3, 0.4) is 0 Å². The molecule has 0 bridgehead atoms. The molecule has 0 aromatic heterocycles. The maximum atomic E-state index is 11.6. The summed E-state index contributed by atoms with van der Waals surface area (Å²) in [5, 5.41) is 13.0. The summed E-state index contributed by atoms with van der Waals surface area (Å²) in [6.45, 7) is 16.3. The van der Waals surface area contributed by atoms with Crippen LogP contribution in [0.5, 0.6) is 11.5 Å². The van der Waals surface area contributed by atoms with Gasteiger partial charge < -0.3 is 24.3 Å². The highest BCUT2D eigenvalue weighted by Gasteiger charge is 2.51. The van der Waals surface area contributed by atoms with Crippen molar-refractivity contribution < 1.29 is 23.7 Å². The molecule has 6 rings (SSSR count). The van der Waals surface area contributed by atoms with Crippen LogP contribution < -0.4 is 14.8 Å². The minimum atomic E-state index is 0.00431. The predicted octanol–water partition coefficient (Wildman–Crippen LogP) is 6.81.